The standard InChI is InChI=1S/C10H12Se2/c1-3-12(11,4-2)10-8-6-5-7-9-10/h3-9,12H,1-2H2. The Morgan fingerprint density at radius 2 is 1.58 bits per heavy atom. The first-order chi connectivity index (χ1) is 5.73. The van der Waals surface area contributed by atoms with Crippen LogP contribution in [0.1, 0.15) is 0 Å². The summed E-state index contributed by atoms with van der Waals surface area (Å²) in [6.07, 6.45) is 0. The molecule has 0 aliphatic heterocycles. The fraction of sp³-hybridized carbons (Fsp3) is 0. The van der Waals surface area contributed by atoms with Crippen LogP contribution in [0, 0.1) is 0 Å². The topological polar surface area (TPSA) is 0 Å². The van der Waals surface area contributed by atoms with Crippen LogP contribution >= 0.6 is 0 Å². The average molecular weight is 290 g/mol. The van der Waals surface area contributed by atoms with Gasteiger partial charge in [-0.25, -0.2) is 0 Å². The second-order valence-electron chi connectivity index (χ2n) is 2.41. The summed E-state index contributed by atoms with van der Waals surface area (Å²) in [5.41, 5.74) is 0. The summed E-state index contributed by atoms with van der Waals surface area (Å²) in [5, 5.41) is 0. The minimum absolute atomic E-state index is 1.35. The van der Waals surface area contributed by atoms with E-state index in [9.17, 15) is 0 Å². The molecule has 2 heteroatoms. The van der Waals surface area contributed by atoms with Crippen LogP contribution in [0.15, 0.2) is 53.4 Å². The molecule has 0 bridgehead atoms. The van der Waals surface area contributed by atoms with E-state index in [0.717, 1.165) is 0 Å². The van der Waals surface area contributed by atoms with Crippen molar-refractivity contribution >= 4 is 28.6 Å². The van der Waals surface area contributed by atoms with E-state index in [-0.39, 0.29) is 0 Å². The van der Waals surface area contributed by atoms with Crippen LogP contribution in [0.2, 0.25) is 0 Å². The van der Waals surface area contributed by atoms with Gasteiger partial charge in [-0.05, 0) is 0 Å². The van der Waals surface area contributed by atoms with Crippen LogP contribution in [0.25, 0.3) is 0 Å². The summed E-state index contributed by atoms with van der Waals surface area (Å²) < 4.78 is 1.35. The van der Waals surface area contributed by atoms with Crippen molar-refractivity contribution in [3.8, 4) is 0 Å². The molecule has 0 nitrogen and oxygen atoms in total. The van der Waals surface area contributed by atoms with Gasteiger partial charge in [0, 0.05) is 0 Å². The Hall–Kier alpha value is -0.261. The van der Waals surface area contributed by atoms with Crippen molar-refractivity contribution in [3.63, 3.8) is 0 Å². The molecule has 64 valence electrons. The molecule has 0 unspecified atom stereocenters. The Morgan fingerprint density at radius 1 is 1.08 bits per heavy atom. The van der Waals surface area contributed by atoms with Crippen molar-refractivity contribution in [3.05, 3.63) is 53.4 Å². The molecular formula is C10H12Se2. The Balaban J connectivity index is 3.21. The van der Waals surface area contributed by atoms with Crippen LogP contribution in [0.3, 0.4) is 0 Å². The molecule has 1 rings (SSSR count). The van der Waals surface area contributed by atoms with E-state index in [0.29, 0.717) is 0 Å². The van der Waals surface area contributed by atoms with E-state index in [1.165, 1.54) is 4.46 Å². The van der Waals surface area contributed by atoms with Crippen molar-refractivity contribution in [1.82, 2.24) is 0 Å². The number of hydrogen-bond acceptors (Lipinski definition) is 0. The normalized spacial score (nSPS) is 12.0. The van der Waals surface area contributed by atoms with Gasteiger partial charge in [-0.2, -0.15) is 0 Å². The van der Waals surface area contributed by atoms with Crippen LogP contribution < -0.4 is 4.46 Å². The Morgan fingerprint density at radius 3 is 2.00 bits per heavy atom. The zero-order valence-corrected chi connectivity index (χ0v) is 10.4. The first-order valence-corrected chi connectivity index (χ1v) is 11.5. The predicted molar refractivity (Wildman–Crippen MR) is 59.4 cm³/mol. The monoisotopic (exact) mass is 292 g/mol. The minimum atomic E-state index is -2.01. The first kappa shape index (κ1) is 9.82. The zero-order chi connectivity index (χ0) is 9.03. The molecule has 0 spiro atoms. The fourth-order valence-electron chi connectivity index (χ4n) is 0.946. The molecule has 12 heavy (non-hydrogen) atoms. The third-order valence-corrected chi connectivity index (χ3v) is 11.8. The van der Waals surface area contributed by atoms with Crippen LogP contribution in [0.5, 0.6) is 0 Å². The molecule has 0 aliphatic rings. The van der Waals surface area contributed by atoms with Gasteiger partial charge in [0.1, 0.15) is 0 Å². The third-order valence-electron chi connectivity index (χ3n) is 1.70. The molecule has 1 aromatic rings. The SMILES string of the molecule is C=C[SeH](=[Se])(C=C)c1ccccc1. The first-order valence-electron chi connectivity index (χ1n) is 3.65. The fourth-order valence-corrected chi connectivity index (χ4v) is 4.81. The van der Waals surface area contributed by atoms with Gasteiger partial charge in [0.15, 0.2) is 0 Å². The molecule has 0 fully saturated rings. The van der Waals surface area contributed by atoms with Crippen molar-refractivity contribution in [2.45, 2.75) is 0 Å². The van der Waals surface area contributed by atoms with Gasteiger partial charge in [0.25, 0.3) is 0 Å². The van der Waals surface area contributed by atoms with Crippen LogP contribution in [-0.4, -0.2) is 24.1 Å². The van der Waals surface area contributed by atoms with Gasteiger partial charge in [0.05, 0.1) is 0 Å². The van der Waals surface area contributed by atoms with Crippen molar-refractivity contribution in [2.75, 3.05) is 0 Å². The summed E-state index contributed by atoms with van der Waals surface area (Å²) in [6.45, 7) is 7.71. The predicted octanol–water partition coefficient (Wildman–Crippen LogP) is 1.19. The maximum absolute atomic E-state index is 3.85. The molecule has 0 heterocycles. The molecule has 0 amide bonds. The van der Waals surface area contributed by atoms with Crippen molar-refractivity contribution in [1.29, 1.82) is 0 Å². The molecule has 0 N–H and O–H groups in total. The van der Waals surface area contributed by atoms with Gasteiger partial charge in [0.2, 0.25) is 0 Å². The van der Waals surface area contributed by atoms with Gasteiger partial charge in [-0.1, -0.05) is 0 Å². The van der Waals surface area contributed by atoms with E-state index >= 15 is 0 Å². The number of hydrogen-bond donors (Lipinski definition) is 0. The van der Waals surface area contributed by atoms with E-state index in [1.54, 1.807) is 0 Å². The Kier molecular flexibility index (Phi) is 3.37. The molecule has 1 aromatic carbocycles. The van der Waals surface area contributed by atoms with E-state index in [4.69, 9.17) is 0 Å². The summed E-state index contributed by atoms with van der Waals surface area (Å²) in [5.74, 6) is 0. The van der Waals surface area contributed by atoms with Gasteiger partial charge >= 0.3 is 82.0 Å². The third kappa shape index (κ3) is 1.91. The van der Waals surface area contributed by atoms with Crippen molar-refractivity contribution < 1.29 is 0 Å². The summed E-state index contributed by atoms with van der Waals surface area (Å²) in [6, 6.07) is 10.4. The van der Waals surface area contributed by atoms with Gasteiger partial charge < -0.3 is 0 Å². The van der Waals surface area contributed by atoms with E-state index < -0.39 is 10.5 Å². The van der Waals surface area contributed by atoms with Gasteiger partial charge in [-0.3, -0.25) is 0 Å². The van der Waals surface area contributed by atoms with Gasteiger partial charge in [-0.15, -0.1) is 0 Å². The number of rotatable bonds is 3. The molecule has 0 saturated heterocycles. The summed E-state index contributed by atoms with van der Waals surface area (Å²) in [4.78, 5) is 4.06. The molecule has 0 radical (unpaired) electrons. The second kappa shape index (κ2) is 4.11. The molecule has 0 aliphatic carbocycles. The molecule has 0 aromatic heterocycles. The quantitative estimate of drug-likeness (QED) is 0.734. The van der Waals surface area contributed by atoms with E-state index in [2.05, 4.69) is 51.1 Å². The Labute approximate surface area is 81.9 Å². The summed E-state index contributed by atoms with van der Waals surface area (Å²) in [7, 11) is -2.01. The molecule has 0 atom stereocenters. The zero-order valence-electron chi connectivity index (χ0n) is 6.81. The van der Waals surface area contributed by atoms with Crippen molar-refractivity contribution in [2.24, 2.45) is 0 Å². The molecular weight excluding hydrogens is 278 g/mol. The average Bonchev–Trinajstić information content (AvgIpc) is 2.18. The Bertz CT molecular complexity index is 313. The summed E-state index contributed by atoms with van der Waals surface area (Å²) >= 11 is 3.24. The second-order valence-corrected chi connectivity index (χ2v) is 14.6. The molecule has 0 saturated carbocycles. The van der Waals surface area contributed by atoms with Crippen LogP contribution in [0.4, 0.5) is 0 Å². The number of benzene rings is 1. The van der Waals surface area contributed by atoms with E-state index in [1.807, 2.05) is 16.0 Å². The van der Waals surface area contributed by atoms with Crippen LogP contribution in [-0.2, 0) is 0 Å². The maximum atomic E-state index is 3.85.